The van der Waals surface area contributed by atoms with Crippen LogP contribution < -0.4 is 0 Å². The van der Waals surface area contributed by atoms with Crippen molar-refractivity contribution in [2.45, 2.75) is 32.6 Å². The lowest BCUT2D eigenvalue weighted by Crippen LogP contribution is -2.53. The van der Waals surface area contributed by atoms with Crippen LogP contribution in [0, 0.1) is 5.92 Å². The molecule has 7 nitrogen and oxygen atoms in total. The third kappa shape index (κ3) is 1.77. The van der Waals surface area contributed by atoms with E-state index in [1.165, 1.54) is 4.90 Å². The van der Waals surface area contributed by atoms with Gasteiger partial charge in [0.2, 0.25) is 0 Å². The highest BCUT2D eigenvalue weighted by Crippen LogP contribution is 2.39. The molecular formula is C16H17N3O4. The SMILES string of the molecule is CC(C)C1(C)C(=O)N=C2c3ncc(C4OCCO4)cc3C(=O)N21. The van der Waals surface area contributed by atoms with Gasteiger partial charge in [0.1, 0.15) is 11.2 Å². The van der Waals surface area contributed by atoms with Crippen LogP contribution in [0.25, 0.3) is 0 Å². The summed E-state index contributed by atoms with van der Waals surface area (Å²) in [5, 5.41) is 0. The number of amidine groups is 1. The minimum Gasteiger partial charge on any atom is -0.346 e. The summed E-state index contributed by atoms with van der Waals surface area (Å²) in [6.07, 6.45) is 1.12. The smallest absolute Gasteiger partial charge is 0.274 e. The van der Waals surface area contributed by atoms with Gasteiger partial charge in [-0.25, -0.2) is 0 Å². The third-order valence-corrected chi connectivity index (χ3v) is 4.89. The number of ether oxygens (including phenoxy) is 2. The van der Waals surface area contributed by atoms with Gasteiger partial charge in [0.15, 0.2) is 12.1 Å². The van der Waals surface area contributed by atoms with Crippen LogP contribution in [0.4, 0.5) is 0 Å². The van der Waals surface area contributed by atoms with Gasteiger partial charge in [0.05, 0.1) is 18.8 Å². The zero-order valence-electron chi connectivity index (χ0n) is 13.2. The first-order valence-electron chi connectivity index (χ1n) is 7.65. The number of carbonyl (C=O) groups excluding carboxylic acids is 2. The predicted molar refractivity (Wildman–Crippen MR) is 79.8 cm³/mol. The first-order chi connectivity index (χ1) is 10.9. The van der Waals surface area contributed by atoms with Crippen molar-refractivity contribution in [3.63, 3.8) is 0 Å². The molecule has 0 N–H and O–H groups in total. The molecular weight excluding hydrogens is 298 g/mol. The molecule has 4 heterocycles. The number of hydrogen-bond acceptors (Lipinski definition) is 5. The van der Waals surface area contributed by atoms with E-state index >= 15 is 0 Å². The number of fused-ring (bicyclic) bond motifs is 3. The van der Waals surface area contributed by atoms with Crippen LogP contribution >= 0.6 is 0 Å². The van der Waals surface area contributed by atoms with E-state index in [0.717, 1.165) is 0 Å². The molecule has 1 fully saturated rings. The van der Waals surface area contributed by atoms with E-state index in [9.17, 15) is 9.59 Å². The maximum absolute atomic E-state index is 12.9. The number of aliphatic imine (C=N–C) groups is 1. The van der Waals surface area contributed by atoms with Crippen LogP contribution in [0.3, 0.4) is 0 Å². The highest BCUT2D eigenvalue weighted by atomic mass is 16.7. The zero-order chi connectivity index (χ0) is 16.4. The van der Waals surface area contributed by atoms with Crippen LogP contribution in [0.15, 0.2) is 17.3 Å². The largest absolute Gasteiger partial charge is 0.346 e. The van der Waals surface area contributed by atoms with Crippen LogP contribution in [-0.4, -0.2) is 46.3 Å². The Morgan fingerprint density at radius 1 is 1.30 bits per heavy atom. The van der Waals surface area contributed by atoms with Crippen molar-refractivity contribution in [3.8, 4) is 0 Å². The van der Waals surface area contributed by atoms with Gasteiger partial charge in [-0.05, 0) is 18.9 Å². The van der Waals surface area contributed by atoms with E-state index in [4.69, 9.17) is 9.47 Å². The van der Waals surface area contributed by atoms with E-state index in [1.807, 2.05) is 13.8 Å². The summed E-state index contributed by atoms with van der Waals surface area (Å²) in [4.78, 5) is 35.2. The van der Waals surface area contributed by atoms with E-state index in [2.05, 4.69) is 9.98 Å². The van der Waals surface area contributed by atoms with Gasteiger partial charge in [-0.1, -0.05) is 13.8 Å². The molecule has 120 valence electrons. The molecule has 0 spiro atoms. The molecule has 1 aromatic rings. The zero-order valence-corrected chi connectivity index (χ0v) is 13.2. The Morgan fingerprint density at radius 3 is 2.65 bits per heavy atom. The van der Waals surface area contributed by atoms with E-state index in [-0.39, 0.29) is 17.7 Å². The minimum atomic E-state index is -0.965. The Balaban J connectivity index is 1.80. The number of nitrogens with zero attached hydrogens (tertiary/aromatic N) is 3. The van der Waals surface area contributed by atoms with Gasteiger partial charge in [-0.3, -0.25) is 19.5 Å². The van der Waals surface area contributed by atoms with Crippen molar-refractivity contribution < 1.29 is 19.1 Å². The van der Waals surface area contributed by atoms with Gasteiger partial charge in [-0.2, -0.15) is 4.99 Å². The lowest BCUT2D eigenvalue weighted by molar-refractivity contribution is -0.126. The van der Waals surface area contributed by atoms with Gasteiger partial charge in [0, 0.05) is 11.8 Å². The molecule has 0 bridgehead atoms. The molecule has 1 aromatic heterocycles. The third-order valence-electron chi connectivity index (χ3n) is 4.89. The van der Waals surface area contributed by atoms with Crippen LogP contribution in [0.1, 0.15) is 48.7 Å². The first kappa shape index (κ1) is 14.5. The fourth-order valence-corrected chi connectivity index (χ4v) is 3.17. The molecule has 0 aromatic carbocycles. The first-order valence-corrected chi connectivity index (χ1v) is 7.65. The second-order valence-electron chi connectivity index (χ2n) is 6.42. The summed E-state index contributed by atoms with van der Waals surface area (Å²) in [6.45, 7) is 6.62. The fraction of sp³-hybridized carbons (Fsp3) is 0.500. The summed E-state index contributed by atoms with van der Waals surface area (Å²) < 4.78 is 10.9. The summed E-state index contributed by atoms with van der Waals surface area (Å²) >= 11 is 0. The average molecular weight is 315 g/mol. The van der Waals surface area contributed by atoms with Gasteiger partial charge in [0.25, 0.3) is 11.8 Å². The van der Waals surface area contributed by atoms with Crippen molar-refractivity contribution >= 4 is 17.6 Å². The Bertz CT molecular complexity index is 752. The molecule has 1 saturated heterocycles. The molecule has 0 saturated carbocycles. The van der Waals surface area contributed by atoms with Crippen molar-refractivity contribution in [3.05, 3.63) is 29.1 Å². The summed E-state index contributed by atoms with van der Waals surface area (Å²) in [5.74, 6) is -0.246. The lowest BCUT2D eigenvalue weighted by Gasteiger charge is -2.34. The summed E-state index contributed by atoms with van der Waals surface area (Å²) in [7, 11) is 0. The van der Waals surface area contributed by atoms with E-state index < -0.39 is 11.8 Å². The van der Waals surface area contributed by atoms with Crippen LogP contribution in [0.5, 0.6) is 0 Å². The number of hydrogen-bond donors (Lipinski definition) is 0. The highest BCUT2D eigenvalue weighted by Gasteiger charge is 2.56. The number of pyridine rings is 1. The molecule has 0 aliphatic carbocycles. The van der Waals surface area contributed by atoms with Gasteiger partial charge < -0.3 is 9.47 Å². The maximum Gasteiger partial charge on any atom is 0.274 e. The lowest BCUT2D eigenvalue weighted by atomic mass is 9.87. The Kier molecular flexibility index (Phi) is 2.95. The predicted octanol–water partition coefficient (Wildman–Crippen LogP) is 1.28. The normalized spacial score (nSPS) is 27.0. The molecule has 23 heavy (non-hydrogen) atoms. The molecule has 1 unspecified atom stereocenters. The number of carbonyl (C=O) groups is 2. The standard InChI is InChI=1S/C16H17N3O4/c1-8(2)16(3)15(21)18-12-11-10(13(20)19(12)16)6-9(7-17-11)14-22-4-5-23-14/h6-8,14H,4-5H2,1-3H3. The topological polar surface area (TPSA) is 81.1 Å². The maximum atomic E-state index is 12.9. The van der Waals surface area contributed by atoms with Crippen molar-refractivity contribution in [1.29, 1.82) is 0 Å². The van der Waals surface area contributed by atoms with Crippen LogP contribution in [-0.2, 0) is 14.3 Å². The minimum absolute atomic E-state index is 0.0597. The highest BCUT2D eigenvalue weighted by molar-refractivity contribution is 6.29. The Hall–Kier alpha value is -2.12. The monoisotopic (exact) mass is 315 g/mol. The van der Waals surface area contributed by atoms with E-state index in [1.54, 1.807) is 19.2 Å². The molecule has 0 radical (unpaired) electrons. The number of amides is 2. The molecule has 4 rings (SSSR count). The van der Waals surface area contributed by atoms with Gasteiger partial charge >= 0.3 is 0 Å². The Morgan fingerprint density at radius 2 is 2.00 bits per heavy atom. The quantitative estimate of drug-likeness (QED) is 0.821. The number of aromatic nitrogens is 1. The molecule has 3 aliphatic heterocycles. The second-order valence-corrected chi connectivity index (χ2v) is 6.42. The van der Waals surface area contributed by atoms with Crippen LogP contribution in [0.2, 0.25) is 0 Å². The average Bonchev–Trinajstić information content (AvgIpc) is 3.20. The van der Waals surface area contributed by atoms with Crippen molar-refractivity contribution in [2.75, 3.05) is 13.2 Å². The molecule has 1 atom stereocenters. The second kappa shape index (κ2) is 4.69. The van der Waals surface area contributed by atoms with Crippen molar-refractivity contribution in [1.82, 2.24) is 9.88 Å². The van der Waals surface area contributed by atoms with E-state index in [0.29, 0.717) is 35.9 Å². The molecule has 2 amide bonds. The number of rotatable bonds is 2. The van der Waals surface area contributed by atoms with Gasteiger partial charge in [-0.15, -0.1) is 0 Å². The molecule has 3 aliphatic rings. The molecule has 7 heteroatoms. The summed E-state index contributed by atoms with van der Waals surface area (Å²) in [5.41, 5.74) is 0.635. The fourth-order valence-electron chi connectivity index (χ4n) is 3.17. The Labute approximate surface area is 133 Å². The van der Waals surface area contributed by atoms with Crippen molar-refractivity contribution in [2.24, 2.45) is 10.9 Å². The summed E-state index contributed by atoms with van der Waals surface area (Å²) in [6, 6.07) is 1.73.